The van der Waals surface area contributed by atoms with Crippen molar-refractivity contribution < 1.29 is 28.2 Å². The van der Waals surface area contributed by atoms with E-state index in [9.17, 15) is 18.8 Å². The maximum absolute atomic E-state index is 13.3. The second-order valence-electron chi connectivity index (χ2n) is 13.1. The van der Waals surface area contributed by atoms with Crippen LogP contribution in [-0.4, -0.2) is 52.9 Å². The predicted octanol–water partition coefficient (Wildman–Crippen LogP) is 6.93. The maximum atomic E-state index is 13.3. The second kappa shape index (κ2) is 13.9. The fourth-order valence-electron chi connectivity index (χ4n) is 4.49. The molecule has 0 spiro atoms. The fourth-order valence-corrected chi connectivity index (χ4v) is 4.49. The Kier molecular flexibility index (Phi) is 10.8. The monoisotopic (exact) mass is 596 g/mol. The zero-order valence-electron chi connectivity index (χ0n) is 26.4. The highest BCUT2D eigenvalue weighted by molar-refractivity contribution is 5.98. The lowest BCUT2D eigenvalue weighted by Crippen LogP contribution is -2.47. The predicted molar refractivity (Wildman–Crippen MR) is 166 cm³/mol. The van der Waals surface area contributed by atoms with Gasteiger partial charge in [0, 0.05) is 29.5 Å². The molecule has 43 heavy (non-hydrogen) atoms. The molecule has 0 aliphatic carbocycles. The minimum absolute atomic E-state index is 0.107. The highest BCUT2D eigenvalue weighted by atomic mass is 19.1. The Morgan fingerprint density at radius 3 is 1.98 bits per heavy atom. The highest BCUT2D eigenvalue weighted by Crippen LogP contribution is 2.25. The molecule has 1 aromatic heterocycles. The number of H-pyrrole nitrogens is 1. The van der Waals surface area contributed by atoms with Crippen LogP contribution in [0.25, 0.3) is 22.0 Å². The second-order valence-corrected chi connectivity index (χ2v) is 13.1. The van der Waals surface area contributed by atoms with Crippen molar-refractivity contribution in [3.05, 3.63) is 60.0 Å². The minimum Gasteiger partial charge on any atom is -0.444 e. The van der Waals surface area contributed by atoms with Crippen LogP contribution in [0.2, 0.25) is 0 Å². The van der Waals surface area contributed by atoms with Crippen LogP contribution in [0.4, 0.5) is 14.0 Å². The standard InChI is InChI=1S/C33H45FN4O5/c1-20(2)26(38-31(41)43-33(6,7)8)16-15-25(36-30(40)42-32(3,4)5)19-35-29(39)28-18-23-10-9-22(17-27(23)37-28)21-11-13-24(34)14-12-21/h9-14,17-18,20,25-26,37H,15-16,19H2,1-8H3,(H,35,39)(H,36,40)(H,38,41). The van der Waals surface area contributed by atoms with E-state index in [0.717, 1.165) is 22.0 Å². The lowest BCUT2D eigenvalue weighted by atomic mass is 9.97. The van der Waals surface area contributed by atoms with Crippen LogP contribution in [0.15, 0.2) is 48.5 Å². The van der Waals surface area contributed by atoms with Crippen molar-refractivity contribution in [1.82, 2.24) is 20.9 Å². The topological polar surface area (TPSA) is 122 Å². The number of carbonyl (C=O) groups excluding carboxylic acids is 3. The molecule has 0 radical (unpaired) electrons. The summed E-state index contributed by atoms with van der Waals surface area (Å²) in [6.07, 6.45) is -0.0954. The number of alkyl carbamates (subject to hydrolysis) is 2. The molecule has 10 heteroatoms. The van der Waals surface area contributed by atoms with Gasteiger partial charge in [-0.3, -0.25) is 4.79 Å². The van der Waals surface area contributed by atoms with Gasteiger partial charge in [-0.05, 0) is 95.7 Å². The van der Waals surface area contributed by atoms with Gasteiger partial charge in [0.1, 0.15) is 22.7 Å². The Hall–Kier alpha value is -4.08. The molecule has 2 atom stereocenters. The quantitative estimate of drug-likeness (QED) is 0.202. The van der Waals surface area contributed by atoms with Crippen LogP contribution >= 0.6 is 0 Å². The molecular weight excluding hydrogens is 551 g/mol. The Morgan fingerprint density at radius 1 is 0.814 bits per heavy atom. The summed E-state index contributed by atoms with van der Waals surface area (Å²) < 4.78 is 24.2. The number of ether oxygens (including phenoxy) is 2. The molecule has 1 heterocycles. The van der Waals surface area contributed by atoms with E-state index in [0.29, 0.717) is 18.5 Å². The van der Waals surface area contributed by atoms with Crippen LogP contribution in [0.1, 0.15) is 78.7 Å². The van der Waals surface area contributed by atoms with Crippen LogP contribution in [0.5, 0.6) is 0 Å². The Morgan fingerprint density at radius 2 is 1.40 bits per heavy atom. The maximum Gasteiger partial charge on any atom is 0.407 e. The SMILES string of the molecule is CC(C)C(CCC(CNC(=O)c1cc2ccc(-c3ccc(F)cc3)cc2[nH]1)NC(=O)OC(C)(C)C)NC(=O)OC(C)(C)C. The minimum atomic E-state index is -0.687. The number of nitrogens with one attached hydrogen (secondary N) is 4. The molecule has 0 bridgehead atoms. The average Bonchev–Trinajstić information content (AvgIpc) is 3.31. The van der Waals surface area contributed by atoms with Gasteiger partial charge >= 0.3 is 12.2 Å². The molecule has 0 aliphatic heterocycles. The molecule has 3 amide bonds. The van der Waals surface area contributed by atoms with E-state index in [1.807, 2.05) is 32.0 Å². The number of benzene rings is 2. The molecule has 0 saturated carbocycles. The van der Waals surface area contributed by atoms with Gasteiger partial charge in [-0.25, -0.2) is 14.0 Å². The van der Waals surface area contributed by atoms with Crippen molar-refractivity contribution in [3.63, 3.8) is 0 Å². The summed E-state index contributed by atoms with van der Waals surface area (Å²) in [5.74, 6) is -0.527. The summed E-state index contributed by atoms with van der Waals surface area (Å²) in [6, 6.07) is 13.0. The molecule has 4 N–H and O–H groups in total. The van der Waals surface area contributed by atoms with Gasteiger partial charge in [-0.15, -0.1) is 0 Å². The van der Waals surface area contributed by atoms with Crippen molar-refractivity contribution in [2.24, 2.45) is 5.92 Å². The Labute approximate surface area is 253 Å². The van der Waals surface area contributed by atoms with Gasteiger partial charge in [0.25, 0.3) is 5.91 Å². The molecule has 2 aromatic carbocycles. The number of fused-ring (bicyclic) bond motifs is 1. The van der Waals surface area contributed by atoms with Crippen LogP contribution in [0.3, 0.4) is 0 Å². The van der Waals surface area contributed by atoms with Crippen LogP contribution < -0.4 is 16.0 Å². The number of hydrogen-bond acceptors (Lipinski definition) is 5. The third-order valence-corrected chi connectivity index (χ3v) is 6.61. The van der Waals surface area contributed by atoms with E-state index in [1.165, 1.54) is 12.1 Å². The van der Waals surface area contributed by atoms with Crippen molar-refractivity contribution in [2.75, 3.05) is 6.54 Å². The number of halogens is 1. The zero-order chi connectivity index (χ0) is 31.9. The summed E-state index contributed by atoms with van der Waals surface area (Å²) >= 11 is 0. The van der Waals surface area contributed by atoms with E-state index >= 15 is 0 Å². The summed E-state index contributed by atoms with van der Waals surface area (Å²) in [5.41, 5.74) is 1.58. The summed E-state index contributed by atoms with van der Waals surface area (Å²) in [4.78, 5) is 41.3. The normalized spacial score (nSPS) is 13.3. The molecule has 2 unspecified atom stereocenters. The molecule has 0 saturated heterocycles. The first-order valence-electron chi connectivity index (χ1n) is 14.6. The van der Waals surface area contributed by atoms with Crippen molar-refractivity contribution in [3.8, 4) is 11.1 Å². The Balaban J connectivity index is 1.69. The van der Waals surface area contributed by atoms with Gasteiger partial charge in [-0.1, -0.05) is 38.1 Å². The number of carbonyl (C=O) groups is 3. The molecule has 0 aliphatic rings. The lowest BCUT2D eigenvalue weighted by molar-refractivity contribution is 0.0463. The molecule has 3 aromatic rings. The van der Waals surface area contributed by atoms with Gasteiger partial charge in [0.05, 0.1) is 0 Å². The Bertz CT molecular complexity index is 1400. The van der Waals surface area contributed by atoms with E-state index < -0.39 is 29.4 Å². The number of aromatic amines is 1. The van der Waals surface area contributed by atoms with Gasteiger partial charge in [0.2, 0.25) is 0 Å². The summed E-state index contributed by atoms with van der Waals surface area (Å²) in [7, 11) is 0. The number of amides is 3. The first-order valence-corrected chi connectivity index (χ1v) is 14.6. The number of aromatic nitrogens is 1. The third-order valence-electron chi connectivity index (χ3n) is 6.61. The molecule has 9 nitrogen and oxygen atoms in total. The van der Waals surface area contributed by atoms with E-state index in [4.69, 9.17) is 9.47 Å². The highest BCUT2D eigenvalue weighted by Gasteiger charge is 2.25. The van der Waals surface area contributed by atoms with Crippen LogP contribution in [0, 0.1) is 11.7 Å². The van der Waals surface area contributed by atoms with E-state index in [-0.39, 0.29) is 30.2 Å². The van der Waals surface area contributed by atoms with E-state index in [2.05, 4.69) is 20.9 Å². The number of hydrogen-bond donors (Lipinski definition) is 4. The van der Waals surface area contributed by atoms with Gasteiger partial charge in [0.15, 0.2) is 0 Å². The lowest BCUT2D eigenvalue weighted by Gasteiger charge is -2.28. The summed E-state index contributed by atoms with van der Waals surface area (Å²) in [6.45, 7) is 14.9. The third kappa shape index (κ3) is 10.9. The number of rotatable bonds is 10. The molecular formula is C33H45FN4O5. The van der Waals surface area contributed by atoms with Crippen molar-refractivity contribution >= 4 is 29.0 Å². The fraction of sp³-hybridized carbons (Fsp3) is 0.485. The largest absolute Gasteiger partial charge is 0.444 e. The molecule has 0 fully saturated rings. The van der Waals surface area contributed by atoms with Crippen molar-refractivity contribution in [2.45, 2.75) is 91.5 Å². The van der Waals surface area contributed by atoms with Gasteiger partial charge in [-0.2, -0.15) is 0 Å². The first kappa shape index (κ1) is 33.4. The van der Waals surface area contributed by atoms with Crippen LogP contribution in [-0.2, 0) is 9.47 Å². The zero-order valence-corrected chi connectivity index (χ0v) is 26.4. The van der Waals surface area contributed by atoms with Crippen molar-refractivity contribution in [1.29, 1.82) is 0 Å². The molecule has 234 valence electrons. The average molecular weight is 597 g/mol. The summed E-state index contributed by atoms with van der Waals surface area (Å²) in [5, 5.41) is 9.56. The van der Waals surface area contributed by atoms with Gasteiger partial charge < -0.3 is 30.4 Å². The smallest absolute Gasteiger partial charge is 0.407 e. The first-order chi connectivity index (χ1) is 20.0. The van der Waals surface area contributed by atoms with E-state index in [1.54, 1.807) is 59.7 Å². The molecule has 3 rings (SSSR count).